The van der Waals surface area contributed by atoms with Crippen molar-refractivity contribution in [3.8, 4) is 0 Å². The number of nitrogens with one attached hydrogen (secondary N) is 1. The highest BCUT2D eigenvalue weighted by atomic mass is 16.5. The van der Waals surface area contributed by atoms with Gasteiger partial charge in [0, 0.05) is 26.7 Å². The van der Waals surface area contributed by atoms with E-state index in [9.17, 15) is 4.79 Å². The third-order valence-corrected chi connectivity index (χ3v) is 1.50. The lowest BCUT2D eigenvalue weighted by Crippen LogP contribution is -2.33. The molecular formula is C8H17NO4. The Bertz CT molecular complexity index is 140. The Hall–Kier alpha value is -0.650. The fourth-order valence-electron chi connectivity index (χ4n) is 0.762. The number of rotatable bonds is 7. The van der Waals surface area contributed by atoms with Crippen LogP contribution in [0, 0.1) is 0 Å². The SMILES string of the molecule is COCCCC(=O)NCC(O)CO. The highest BCUT2D eigenvalue weighted by molar-refractivity contribution is 5.75. The lowest BCUT2D eigenvalue weighted by Gasteiger charge is -2.08. The second-order valence-electron chi connectivity index (χ2n) is 2.74. The molecule has 0 bridgehead atoms. The molecule has 0 saturated carbocycles. The molecule has 0 fully saturated rings. The predicted octanol–water partition coefficient (Wildman–Crippen LogP) is -1.12. The van der Waals surface area contributed by atoms with Crippen LogP contribution in [0.5, 0.6) is 0 Å². The van der Waals surface area contributed by atoms with Crippen molar-refractivity contribution in [1.29, 1.82) is 0 Å². The van der Waals surface area contributed by atoms with Gasteiger partial charge in [-0.05, 0) is 6.42 Å². The summed E-state index contributed by atoms with van der Waals surface area (Å²) in [7, 11) is 1.58. The van der Waals surface area contributed by atoms with Crippen molar-refractivity contribution in [1.82, 2.24) is 5.32 Å². The van der Waals surface area contributed by atoms with Crippen LogP contribution in [0.25, 0.3) is 0 Å². The zero-order valence-electron chi connectivity index (χ0n) is 7.82. The summed E-state index contributed by atoms with van der Waals surface area (Å²) in [6.07, 6.45) is 0.176. The van der Waals surface area contributed by atoms with Crippen LogP contribution in [0.15, 0.2) is 0 Å². The minimum Gasteiger partial charge on any atom is -0.394 e. The summed E-state index contributed by atoms with van der Waals surface area (Å²) in [5.41, 5.74) is 0. The average Bonchev–Trinajstić information content (AvgIpc) is 2.14. The molecule has 0 heterocycles. The number of ether oxygens (including phenoxy) is 1. The van der Waals surface area contributed by atoms with Gasteiger partial charge in [0.25, 0.3) is 0 Å². The van der Waals surface area contributed by atoms with E-state index in [0.717, 1.165) is 0 Å². The Balaban J connectivity index is 3.30. The number of hydrogen-bond donors (Lipinski definition) is 3. The van der Waals surface area contributed by atoms with Gasteiger partial charge in [-0.2, -0.15) is 0 Å². The largest absolute Gasteiger partial charge is 0.394 e. The van der Waals surface area contributed by atoms with Gasteiger partial charge in [0.1, 0.15) is 0 Å². The molecule has 1 unspecified atom stereocenters. The standard InChI is InChI=1S/C8H17NO4/c1-13-4-2-3-8(12)9-5-7(11)6-10/h7,10-11H,2-6H2,1H3,(H,9,12). The average molecular weight is 191 g/mol. The predicted molar refractivity (Wildman–Crippen MR) is 47.2 cm³/mol. The second kappa shape index (κ2) is 7.97. The van der Waals surface area contributed by atoms with E-state index in [1.165, 1.54) is 0 Å². The van der Waals surface area contributed by atoms with Gasteiger partial charge in [0.2, 0.25) is 5.91 Å². The first-order valence-electron chi connectivity index (χ1n) is 4.25. The summed E-state index contributed by atoms with van der Waals surface area (Å²) in [6.45, 7) is 0.316. The van der Waals surface area contributed by atoms with Gasteiger partial charge in [-0.1, -0.05) is 0 Å². The molecule has 0 aliphatic heterocycles. The van der Waals surface area contributed by atoms with E-state index in [0.29, 0.717) is 19.4 Å². The summed E-state index contributed by atoms with van der Waals surface area (Å²) in [6, 6.07) is 0. The number of hydrogen-bond acceptors (Lipinski definition) is 4. The molecule has 0 aliphatic rings. The molecule has 0 aliphatic carbocycles. The molecule has 5 nitrogen and oxygen atoms in total. The maximum Gasteiger partial charge on any atom is 0.220 e. The van der Waals surface area contributed by atoms with Crippen LogP contribution in [0.1, 0.15) is 12.8 Å². The third kappa shape index (κ3) is 7.70. The van der Waals surface area contributed by atoms with Gasteiger partial charge >= 0.3 is 0 Å². The van der Waals surface area contributed by atoms with E-state index in [4.69, 9.17) is 14.9 Å². The van der Waals surface area contributed by atoms with Crippen LogP contribution in [0.2, 0.25) is 0 Å². The fourth-order valence-corrected chi connectivity index (χ4v) is 0.762. The molecule has 0 saturated heterocycles. The van der Waals surface area contributed by atoms with Crippen LogP contribution >= 0.6 is 0 Å². The fraction of sp³-hybridized carbons (Fsp3) is 0.875. The number of methoxy groups -OCH3 is 1. The van der Waals surface area contributed by atoms with E-state index < -0.39 is 6.10 Å². The Morgan fingerprint density at radius 3 is 2.85 bits per heavy atom. The molecule has 1 amide bonds. The Kier molecular flexibility index (Phi) is 7.57. The number of amides is 1. The Morgan fingerprint density at radius 1 is 1.62 bits per heavy atom. The van der Waals surface area contributed by atoms with Crippen molar-refractivity contribution in [3.63, 3.8) is 0 Å². The van der Waals surface area contributed by atoms with Crippen molar-refractivity contribution in [2.45, 2.75) is 18.9 Å². The van der Waals surface area contributed by atoms with Crippen molar-refractivity contribution < 1.29 is 19.7 Å². The van der Waals surface area contributed by atoms with E-state index in [1.807, 2.05) is 0 Å². The van der Waals surface area contributed by atoms with Gasteiger partial charge in [-0.15, -0.1) is 0 Å². The number of aliphatic hydroxyl groups excluding tert-OH is 2. The third-order valence-electron chi connectivity index (χ3n) is 1.50. The van der Waals surface area contributed by atoms with Crippen LogP contribution in [0.4, 0.5) is 0 Å². The van der Waals surface area contributed by atoms with Crippen LogP contribution in [-0.2, 0) is 9.53 Å². The zero-order valence-corrected chi connectivity index (χ0v) is 7.82. The van der Waals surface area contributed by atoms with Gasteiger partial charge in [-0.3, -0.25) is 4.79 Å². The molecule has 13 heavy (non-hydrogen) atoms. The normalized spacial score (nSPS) is 12.5. The molecule has 0 aromatic rings. The first-order chi connectivity index (χ1) is 6.20. The number of aliphatic hydroxyl groups is 2. The number of carbonyl (C=O) groups excluding carboxylic acids is 1. The topological polar surface area (TPSA) is 78.8 Å². The lowest BCUT2D eigenvalue weighted by atomic mass is 10.3. The van der Waals surface area contributed by atoms with Crippen molar-refractivity contribution >= 4 is 5.91 Å². The molecule has 0 aromatic carbocycles. The van der Waals surface area contributed by atoms with Crippen molar-refractivity contribution in [3.05, 3.63) is 0 Å². The zero-order chi connectivity index (χ0) is 10.1. The second-order valence-corrected chi connectivity index (χ2v) is 2.74. The first kappa shape index (κ1) is 12.3. The molecule has 78 valence electrons. The quantitative estimate of drug-likeness (QED) is 0.445. The van der Waals surface area contributed by atoms with E-state index >= 15 is 0 Å². The molecule has 0 rings (SSSR count). The smallest absolute Gasteiger partial charge is 0.220 e. The molecule has 1 atom stereocenters. The molecule has 0 aromatic heterocycles. The maximum atomic E-state index is 11.0. The van der Waals surface area contributed by atoms with Crippen molar-refractivity contribution in [2.75, 3.05) is 26.9 Å². The molecule has 5 heteroatoms. The van der Waals surface area contributed by atoms with Gasteiger partial charge < -0.3 is 20.3 Å². The molecule has 0 spiro atoms. The molecule has 3 N–H and O–H groups in total. The Labute approximate surface area is 77.7 Å². The molecular weight excluding hydrogens is 174 g/mol. The van der Waals surface area contributed by atoms with Gasteiger partial charge in [0.15, 0.2) is 0 Å². The van der Waals surface area contributed by atoms with E-state index in [2.05, 4.69) is 5.32 Å². The van der Waals surface area contributed by atoms with Crippen LogP contribution in [-0.4, -0.2) is 49.1 Å². The number of carbonyl (C=O) groups is 1. The van der Waals surface area contributed by atoms with E-state index in [1.54, 1.807) is 7.11 Å². The maximum absolute atomic E-state index is 11.0. The minimum atomic E-state index is -0.869. The van der Waals surface area contributed by atoms with Gasteiger partial charge in [-0.25, -0.2) is 0 Å². The summed E-state index contributed by atoms with van der Waals surface area (Å²) in [5, 5.41) is 19.8. The summed E-state index contributed by atoms with van der Waals surface area (Å²) < 4.78 is 4.77. The molecule has 0 radical (unpaired) electrons. The summed E-state index contributed by atoms with van der Waals surface area (Å²) in [4.78, 5) is 11.0. The summed E-state index contributed by atoms with van der Waals surface area (Å²) >= 11 is 0. The highest BCUT2D eigenvalue weighted by Crippen LogP contribution is 1.89. The van der Waals surface area contributed by atoms with E-state index in [-0.39, 0.29) is 19.1 Å². The van der Waals surface area contributed by atoms with Crippen molar-refractivity contribution in [2.24, 2.45) is 0 Å². The summed E-state index contributed by atoms with van der Waals surface area (Å²) in [5.74, 6) is -0.135. The minimum absolute atomic E-state index is 0.0995. The van der Waals surface area contributed by atoms with Gasteiger partial charge in [0.05, 0.1) is 12.7 Å². The lowest BCUT2D eigenvalue weighted by molar-refractivity contribution is -0.121. The van der Waals surface area contributed by atoms with Crippen LogP contribution in [0.3, 0.4) is 0 Å². The monoisotopic (exact) mass is 191 g/mol. The first-order valence-corrected chi connectivity index (χ1v) is 4.25. The highest BCUT2D eigenvalue weighted by Gasteiger charge is 2.04. The Morgan fingerprint density at radius 2 is 2.31 bits per heavy atom. The van der Waals surface area contributed by atoms with Crippen LogP contribution < -0.4 is 5.32 Å².